The second-order valence-electron chi connectivity index (χ2n) is 5.04. The number of hydrogen-bond donors (Lipinski definition) is 3. The van der Waals surface area contributed by atoms with Gasteiger partial charge in [0.1, 0.15) is 5.75 Å². The number of benzene rings is 1. The molecule has 0 saturated heterocycles. The van der Waals surface area contributed by atoms with Gasteiger partial charge in [0.2, 0.25) is 0 Å². The first-order valence-electron chi connectivity index (χ1n) is 6.76. The molecular weight excluding hydrogens is 240 g/mol. The highest BCUT2D eigenvalue weighted by Gasteiger charge is 2.25. The summed E-state index contributed by atoms with van der Waals surface area (Å²) < 4.78 is 0. The monoisotopic (exact) mass is 264 g/mol. The number of hydrogen-bond acceptors (Lipinski definition) is 3. The van der Waals surface area contributed by atoms with Crippen LogP contribution in [0.25, 0.3) is 0 Å². The van der Waals surface area contributed by atoms with Crippen LogP contribution in [0.1, 0.15) is 42.6 Å². The first-order valence-corrected chi connectivity index (χ1v) is 6.76. The van der Waals surface area contributed by atoms with Crippen molar-refractivity contribution in [1.29, 1.82) is 0 Å². The number of rotatable bonds is 6. The number of phenols is 1. The van der Waals surface area contributed by atoms with Crippen molar-refractivity contribution in [1.82, 2.24) is 5.32 Å². The van der Waals surface area contributed by atoms with Gasteiger partial charge in [0, 0.05) is 17.7 Å². The Hall–Kier alpha value is -1.55. The highest BCUT2D eigenvalue weighted by Crippen LogP contribution is 2.24. The smallest absolute Gasteiger partial charge is 0.251 e. The van der Waals surface area contributed by atoms with Crippen LogP contribution in [-0.2, 0) is 0 Å². The molecule has 4 nitrogen and oxygen atoms in total. The van der Waals surface area contributed by atoms with Crippen molar-refractivity contribution in [3.05, 3.63) is 29.3 Å². The van der Waals surface area contributed by atoms with Gasteiger partial charge < -0.3 is 16.2 Å². The molecule has 0 aliphatic rings. The molecule has 0 spiro atoms. The molecule has 4 N–H and O–H groups in total. The molecule has 0 atom stereocenters. The number of carbonyl (C=O) groups excluding carboxylic acids is 1. The van der Waals surface area contributed by atoms with Crippen molar-refractivity contribution in [2.24, 2.45) is 11.1 Å². The number of nitrogens with one attached hydrogen (secondary N) is 1. The summed E-state index contributed by atoms with van der Waals surface area (Å²) in [5.74, 6) is -0.0168. The predicted molar refractivity (Wildman–Crippen MR) is 77.2 cm³/mol. The van der Waals surface area contributed by atoms with Gasteiger partial charge in [-0.3, -0.25) is 4.79 Å². The van der Waals surface area contributed by atoms with E-state index in [9.17, 15) is 9.90 Å². The van der Waals surface area contributed by atoms with Gasteiger partial charge in [-0.15, -0.1) is 0 Å². The Morgan fingerprint density at radius 2 is 2.00 bits per heavy atom. The Labute approximate surface area is 115 Å². The Kier molecular flexibility index (Phi) is 5.36. The number of carbonyl (C=O) groups is 1. The summed E-state index contributed by atoms with van der Waals surface area (Å²) >= 11 is 0. The summed E-state index contributed by atoms with van der Waals surface area (Å²) in [6.07, 6.45) is 1.86. The van der Waals surface area contributed by atoms with E-state index in [2.05, 4.69) is 19.2 Å². The Bertz CT molecular complexity index is 432. The quantitative estimate of drug-likeness (QED) is 0.737. The van der Waals surface area contributed by atoms with Crippen LogP contribution >= 0.6 is 0 Å². The van der Waals surface area contributed by atoms with Crippen molar-refractivity contribution >= 4 is 5.91 Å². The van der Waals surface area contributed by atoms with E-state index in [4.69, 9.17) is 5.73 Å². The molecule has 0 aliphatic carbocycles. The molecule has 0 heterocycles. The summed E-state index contributed by atoms with van der Waals surface area (Å²) in [5.41, 5.74) is 6.89. The van der Waals surface area contributed by atoms with Crippen LogP contribution < -0.4 is 11.1 Å². The van der Waals surface area contributed by atoms with E-state index in [1.807, 2.05) is 0 Å². The molecule has 1 amide bonds. The van der Waals surface area contributed by atoms with Crippen LogP contribution in [0, 0.1) is 12.3 Å². The Balaban J connectivity index is 2.78. The minimum atomic E-state index is -0.159. The topological polar surface area (TPSA) is 75.3 Å². The first-order chi connectivity index (χ1) is 8.99. The van der Waals surface area contributed by atoms with E-state index in [-0.39, 0.29) is 17.1 Å². The second-order valence-corrected chi connectivity index (χ2v) is 5.04. The molecule has 0 saturated carbocycles. The number of phenolic OH excluding ortho intramolecular Hbond substituents is 1. The molecule has 0 aromatic heterocycles. The highest BCUT2D eigenvalue weighted by atomic mass is 16.3. The van der Waals surface area contributed by atoms with Crippen LogP contribution in [-0.4, -0.2) is 24.1 Å². The van der Waals surface area contributed by atoms with Crippen LogP contribution in [0.3, 0.4) is 0 Å². The van der Waals surface area contributed by atoms with E-state index in [0.29, 0.717) is 24.2 Å². The normalized spacial score (nSPS) is 11.4. The van der Waals surface area contributed by atoms with Crippen molar-refractivity contribution in [2.45, 2.75) is 33.6 Å². The molecule has 0 unspecified atom stereocenters. The zero-order chi connectivity index (χ0) is 14.5. The highest BCUT2D eigenvalue weighted by molar-refractivity contribution is 5.96. The minimum absolute atomic E-state index is 0.0413. The zero-order valence-corrected chi connectivity index (χ0v) is 12.0. The number of amides is 1. The maximum absolute atomic E-state index is 12.1. The molecule has 4 heteroatoms. The third-order valence-corrected chi connectivity index (χ3v) is 4.11. The lowest BCUT2D eigenvalue weighted by atomic mass is 9.82. The molecule has 106 valence electrons. The van der Waals surface area contributed by atoms with Crippen LogP contribution in [0.4, 0.5) is 0 Å². The summed E-state index contributed by atoms with van der Waals surface area (Å²) in [6, 6.07) is 4.97. The maximum Gasteiger partial charge on any atom is 0.251 e. The van der Waals surface area contributed by atoms with Crippen molar-refractivity contribution in [2.75, 3.05) is 13.1 Å². The molecule has 0 radical (unpaired) electrons. The maximum atomic E-state index is 12.1. The fraction of sp³-hybridized carbons (Fsp3) is 0.533. The van der Waals surface area contributed by atoms with Gasteiger partial charge >= 0.3 is 0 Å². The number of aromatic hydroxyl groups is 1. The summed E-state index contributed by atoms with van der Waals surface area (Å²) in [4.78, 5) is 12.1. The van der Waals surface area contributed by atoms with Gasteiger partial charge in [0.15, 0.2) is 0 Å². The second kappa shape index (κ2) is 6.57. The average molecular weight is 264 g/mol. The lowest BCUT2D eigenvalue weighted by Crippen LogP contribution is -2.41. The summed E-state index contributed by atoms with van der Waals surface area (Å²) in [6.45, 7) is 7.02. The van der Waals surface area contributed by atoms with E-state index in [1.54, 1.807) is 25.1 Å². The first kappa shape index (κ1) is 15.5. The van der Waals surface area contributed by atoms with E-state index < -0.39 is 0 Å². The number of nitrogens with two attached hydrogens (primary N) is 1. The minimum Gasteiger partial charge on any atom is -0.508 e. The van der Waals surface area contributed by atoms with Gasteiger partial charge in [0.05, 0.1) is 0 Å². The fourth-order valence-corrected chi connectivity index (χ4v) is 2.09. The predicted octanol–water partition coefficient (Wildman–Crippen LogP) is 2.20. The fourth-order valence-electron chi connectivity index (χ4n) is 2.09. The lowest BCUT2D eigenvalue weighted by molar-refractivity contribution is 0.0927. The molecular formula is C15H24N2O2. The van der Waals surface area contributed by atoms with Crippen LogP contribution in [0.5, 0.6) is 5.75 Å². The molecule has 19 heavy (non-hydrogen) atoms. The van der Waals surface area contributed by atoms with Crippen LogP contribution in [0.2, 0.25) is 0 Å². The van der Waals surface area contributed by atoms with E-state index in [1.165, 1.54) is 0 Å². The third-order valence-electron chi connectivity index (χ3n) is 4.11. The molecule has 1 rings (SSSR count). The van der Waals surface area contributed by atoms with Crippen molar-refractivity contribution in [3.8, 4) is 5.75 Å². The largest absolute Gasteiger partial charge is 0.508 e. The summed E-state index contributed by atoms with van der Waals surface area (Å²) in [5, 5.41) is 12.5. The van der Waals surface area contributed by atoms with Crippen molar-refractivity contribution < 1.29 is 9.90 Å². The van der Waals surface area contributed by atoms with Crippen molar-refractivity contribution in [3.63, 3.8) is 0 Å². The molecule has 0 bridgehead atoms. The van der Waals surface area contributed by atoms with Gasteiger partial charge in [0.25, 0.3) is 5.91 Å². The molecule has 0 aliphatic heterocycles. The van der Waals surface area contributed by atoms with Gasteiger partial charge in [-0.1, -0.05) is 19.9 Å². The van der Waals surface area contributed by atoms with E-state index in [0.717, 1.165) is 12.8 Å². The molecule has 1 aromatic rings. The van der Waals surface area contributed by atoms with Crippen LogP contribution in [0.15, 0.2) is 18.2 Å². The SMILES string of the molecule is CCC(CC)(CN)CNC(=O)c1cccc(O)c1C. The Morgan fingerprint density at radius 1 is 1.37 bits per heavy atom. The molecule has 1 aromatic carbocycles. The average Bonchev–Trinajstić information content (AvgIpc) is 2.44. The van der Waals surface area contributed by atoms with Gasteiger partial charge in [-0.25, -0.2) is 0 Å². The van der Waals surface area contributed by atoms with E-state index >= 15 is 0 Å². The lowest BCUT2D eigenvalue weighted by Gasteiger charge is -2.30. The summed E-state index contributed by atoms with van der Waals surface area (Å²) in [7, 11) is 0. The molecule has 0 fully saturated rings. The standard InChI is InChI=1S/C15H24N2O2/c1-4-15(5-2,9-16)10-17-14(19)12-7-6-8-13(18)11(12)3/h6-8,18H,4-5,9-10,16H2,1-3H3,(H,17,19). The Morgan fingerprint density at radius 3 is 2.53 bits per heavy atom. The van der Waals surface area contributed by atoms with Gasteiger partial charge in [-0.2, -0.15) is 0 Å². The van der Waals surface area contributed by atoms with Gasteiger partial charge in [-0.05, 0) is 43.9 Å². The third kappa shape index (κ3) is 3.47. The zero-order valence-electron chi connectivity index (χ0n) is 12.0.